The van der Waals surface area contributed by atoms with Gasteiger partial charge in [0.1, 0.15) is 11.4 Å². The molecule has 1 heterocycles. The molecule has 0 unspecified atom stereocenters. The third kappa shape index (κ3) is 5.77. The highest BCUT2D eigenvalue weighted by Crippen LogP contribution is 2.28. The summed E-state index contributed by atoms with van der Waals surface area (Å²) in [5, 5.41) is 0. The molecule has 0 N–H and O–H groups in total. The first-order valence-corrected chi connectivity index (χ1v) is 11.5. The van der Waals surface area contributed by atoms with Gasteiger partial charge in [0.05, 0.1) is 5.69 Å². The summed E-state index contributed by atoms with van der Waals surface area (Å²) in [6, 6.07) is 1.18. The number of nitrogens with zero attached hydrogens (tertiary/aromatic N) is 2. The van der Waals surface area contributed by atoms with Crippen molar-refractivity contribution >= 4 is 40.4 Å². The van der Waals surface area contributed by atoms with Gasteiger partial charge in [-0.05, 0) is 35.0 Å². The van der Waals surface area contributed by atoms with Crippen molar-refractivity contribution in [3.8, 4) is 0 Å². The molecular weight excluding hydrogens is 344 g/mol. The zero-order valence-corrected chi connectivity index (χ0v) is 16.0. The molecule has 3 nitrogen and oxygen atoms in total. The van der Waals surface area contributed by atoms with Crippen molar-refractivity contribution in [2.75, 3.05) is 6.61 Å². The van der Waals surface area contributed by atoms with Crippen LogP contribution < -0.4 is 0 Å². The Bertz CT molecular complexity index is 541. The number of ether oxygens (including phenoxy) is 1. The van der Waals surface area contributed by atoms with Crippen molar-refractivity contribution in [3.63, 3.8) is 0 Å². The molecule has 5 heteroatoms. The number of halogens is 1. The van der Waals surface area contributed by atoms with Crippen LogP contribution in [0.4, 0.5) is 5.69 Å². The van der Waals surface area contributed by atoms with Crippen LogP contribution in [0.5, 0.6) is 0 Å². The molecule has 21 heavy (non-hydrogen) atoms. The molecule has 0 aliphatic rings. The number of hydrogen-bond acceptors (Lipinski definition) is 2. The monoisotopic (exact) mass is 368 g/mol. The van der Waals surface area contributed by atoms with Gasteiger partial charge in [-0.1, -0.05) is 38.9 Å². The predicted molar refractivity (Wildman–Crippen MR) is 99.6 cm³/mol. The van der Waals surface area contributed by atoms with E-state index in [0.717, 1.165) is 23.6 Å². The van der Waals surface area contributed by atoms with Crippen molar-refractivity contribution in [1.82, 2.24) is 4.57 Å². The molecule has 0 aliphatic heterocycles. The van der Waals surface area contributed by atoms with E-state index in [-0.39, 0.29) is 0 Å². The summed E-state index contributed by atoms with van der Waals surface area (Å²) in [6.45, 7) is 18.0. The van der Waals surface area contributed by atoms with E-state index < -0.39 is 8.07 Å². The molecule has 1 aromatic rings. The van der Waals surface area contributed by atoms with Crippen molar-refractivity contribution in [2.24, 2.45) is 4.99 Å². The molecule has 0 saturated heterocycles. The van der Waals surface area contributed by atoms with Crippen molar-refractivity contribution in [2.45, 2.75) is 39.3 Å². The van der Waals surface area contributed by atoms with Crippen LogP contribution in [0, 0.1) is 6.92 Å². The Morgan fingerprint density at radius 3 is 2.62 bits per heavy atom. The summed E-state index contributed by atoms with van der Waals surface area (Å²) in [7, 11) is -1.04. The topological polar surface area (TPSA) is 26.5 Å². The predicted octanol–water partition coefficient (Wildman–Crippen LogP) is 5.36. The lowest BCUT2D eigenvalue weighted by Crippen LogP contribution is -2.22. The van der Waals surface area contributed by atoms with Crippen LogP contribution in [0.15, 0.2) is 30.4 Å². The second-order valence-electron chi connectivity index (χ2n) is 6.18. The third-order valence-corrected chi connectivity index (χ3v) is 5.38. The van der Waals surface area contributed by atoms with Gasteiger partial charge >= 0.3 is 0 Å². The van der Waals surface area contributed by atoms with E-state index in [1.165, 1.54) is 6.04 Å². The van der Waals surface area contributed by atoms with E-state index in [9.17, 15) is 0 Å². The number of aliphatic imine (C=N–C) groups is 1. The van der Waals surface area contributed by atoms with Gasteiger partial charge in [-0.2, -0.15) is 0 Å². The Kier molecular flexibility index (Phi) is 6.84. The Labute approximate surface area is 137 Å². The fourth-order valence-electron chi connectivity index (χ4n) is 1.79. The van der Waals surface area contributed by atoms with Crippen LogP contribution in [0.1, 0.15) is 11.3 Å². The number of rotatable bonds is 8. The van der Waals surface area contributed by atoms with Gasteiger partial charge in [0.25, 0.3) is 0 Å². The molecule has 0 aromatic carbocycles. The lowest BCUT2D eigenvalue weighted by Gasteiger charge is -2.16. The number of allylic oxidation sites excluding steroid dienone is 1. The van der Waals surface area contributed by atoms with Crippen LogP contribution in [0.25, 0.3) is 6.08 Å². The molecule has 0 radical (unpaired) electrons. The lowest BCUT2D eigenvalue weighted by molar-refractivity contribution is 0.0862. The van der Waals surface area contributed by atoms with Gasteiger partial charge in [0, 0.05) is 32.1 Å². The maximum atomic E-state index is 5.80. The average molecular weight is 369 g/mol. The lowest BCUT2D eigenvalue weighted by atomic mass is 10.2. The highest BCUT2D eigenvalue weighted by molar-refractivity contribution is 9.18. The van der Waals surface area contributed by atoms with Crippen LogP contribution in [0.3, 0.4) is 0 Å². The van der Waals surface area contributed by atoms with Gasteiger partial charge < -0.3 is 9.30 Å². The highest BCUT2D eigenvalue weighted by Gasteiger charge is 2.13. The van der Waals surface area contributed by atoms with Crippen LogP contribution in [0.2, 0.25) is 25.7 Å². The zero-order chi connectivity index (χ0) is 16.0. The second-order valence-corrected chi connectivity index (χ2v) is 12.6. The third-order valence-electron chi connectivity index (χ3n) is 3.18. The molecule has 0 fully saturated rings. The molecule has 0 aliphatic carbocycles. The first kappa shape index (κ1) is 18.1. The largest absolute Gasteiger partial charge is 0.361 e. The molecule has 116 valence electrons. The Morgan fingerprint density at radius 1 is 1.43 bits per heavy atom. The quantitative estimate of drug-likeness (QED) is 0.344. The van der Waals surface area contributed by atoms with Crippen molar-refractivity contribution in [1.29, 1.82) is 0 Å². The standard InChI is InChI=1S/C16H25BrN2OSi/c1-7-14-11-19(12-20-9-10-21(4,5)6)13(3)16(14)18-15(17)8-2/h7-8,11H,1-2,9-10,12H2,3-6H3/b18-15+. The van der Waals surface area contributed by atoms with Crippen LogP contribution in [-0.2, 0) is 11.5 Å². The maximum Gasteiger partial charge on any atom is 0.122 e. The van der Waals surface area contributed by atoms with Gasteiger partial charge in [0.2, 0.25) is 0 Å². The van der Waals surface area contributed by atoms with E-state index in [0.29, 0.717) is 11.4 Å². The van der Waals surface area contributed by atoms with Crippen molar-refractivity contribution < 1.29 is 4.74 Å². The number of aromatic nitrogens is 1. The average Bonchev–Trinajstić information content (AvgIpc) is 2.70. The summed E-state index contributed by atoms with van der Waals surface area (Å²) >= 11 is 3.37. The molecule has 0 saturated carbocycles. The maximum absolute atomic E-state index is 5.80. The van der Waals surface area contributed by atoms with Gasteiger partial charge in [-0.15, -0.1) is 0 Å². The molecule has 0 amide bonds. The first-order chi connectivity index (χ1) is 9.78. The van der Waals surface area contributed by atoms with Gasteiger partial charge in [-0.25, -0.2) is 4.99 Å². The first-order valence-electron chi connectivity index (χ1n) is 7.05. The Hall–Kier alpha value is -0.913. The van der Waals surface area contributed by atoms with E-state index in [1.807, 2.05) is 19.2 Å². The smallest absolute Gasteiger partial charge is 0.122 e. The van der Waals surface area contributed by atoms with E-state index >= 15 is 0 Å². The van der Waals surface area contributed by atoms with Crippen molar-refractivity contribution in [3.05, 3.63) is 36.7 Å². The fraction of sp³-hybridized carbons (Fsp3) is 0.438. The van der Waals surface area contributed by atoms with Gasteiger partial charge in [-0.3, -0.25) is 0 Å². The molecule has 0 atom stereocenters. The van der Waals surface area contributed by atoms with Crippen LogP contribution in [-0.4, -0.2) is 23.9 Å². The fourth-order valence-corrected chi connectivity index (χ4v) is 2.73. The second kappa shape index (κ2) is 7.92. The summed E-state index contributed by atoms with van der Waals surface area (Å²) in [4.78, 5) is 4.51. The number of hydrogen-bond donors (Lipinski definition) is 0. The zero-order valence-electron chi connectivity index (χ0n) is 13.4. The normalized spacial score (nSPS) is 12.5. The molecule has 1 aromatic heterocycles. The summed E-state index contributed by atoms with van der Waals surface area (Å²) < 4.78 is 8.59. The minimum atomic E-state index is -1.04. The highest BCUT2D eigenvalue weighted by atomic mass is 79.9. The summed E-state index contributed by atoms with van der Waals surface area (Å²) in [5.41, 5.74) is 2.97. The van der Waals surface area contributed by atoms with Crippen LogP contribution >= 0.6 is 15.9 Å². The summed E-state index contributed by atoms with van der Waals surface area (Å²) in [6.07, 6.45) is 5.51. The molecule has 0 bridgehead atoms. The SMILES string of the molecule is C=C/C(Br)=N\c1c(C=C)cn(COCC[Si](C)(C)C)c1C. The Morgan fingerprint density at radius 2 is 2.10 bits per heavy atom. The molecular formula is C16H25BrN2OSi. The van der Waals surface area contributed by atoms with Gasteiger partial charge in [0.15, 0.2) is 0 Å². The minimum Gasteiger partial charge on any atom is -0.361 e. The minimum absolute atomic E-state index is 0.554. The molecule has 1 rings (SSSR count). The Balaban J connectivity index is 2.81. The van der Waals surface area contributed by atoms with E-state index in [2.05, 4.69) is 58.3 Å². The summed E-state index contributed by atoms with van der Waals surface area (Å²) in [5.74, 6) is 0. The molecule has 0 spiro atoms. The van der Waals surface area contributed by atoms with E-state index in [4.69, 9.17) is 4.74 Å². The van der Waals surface area contributed by atoms with E-state index in [1.54, 1.807) is 6.08 Å².